The fourth-order valence-electron chi connectivity index (χ4n) is 2.49. The van der Waals surface area contributed by atoms with Crippen molar-refractivity contribution in [1.82, 2.24) is 9.80 Å². The van der Waals surface area contributed by atoms with Crippen molar-refractivity contribution < 1.29 is 14.6 Å². The highest BCUT2D eigenvalue weighted by Crippen LogP contribution is 2.09. The van der Waals surface area contributed by atoms with Crippen molar-refractivity contribution >= 4 is 5.97 Å². The van der Waals surface area contributed by atoms with Crippen LogP contribution in [-0.4, -0.2) is 72.9 Å². The second kappa shape index (κ2) is 8.51. The molecular weight excluding hydrogens is 244 g/mol. The monoisotopic (exact) mass is 272 g/mol. The Morgan fingerprint density at radius 1 is 1.53 bits per heavy atom. The van der Waals surface area contributed by atoms with E-state index in [-0.39, 0.29) is 12.5 Å². The lowest BCUT2D eigenvalue weighted by atomic mass is 10.1. The third-order valence-electron chi connectivity index (χ3n) is 3.40. The van der Waals surface area contributed by atoms with Gasteiger partial charge in [0.2, 0.25) is 0 Å². The Morgan fingerprint density at radius 2 is 2.26 bits per heavy atom. The van der Waals surface area contributed by atoms with Crippen LogP contribution in [0.1, 0.15) is 27.2 Å². The quantitative estimate of drug-likeness (QED) is 0.718. The lowest BCUT2D eigenvalue weighted by Crippen LogP contribution is -2.48. The molecule has 0 spiro atoms. The Bertz CT molecular complexity index is 271. The zero-order chi connectivity index (χ0) is 14.3. The van der Waals surface area contributed by atoms with Crippen molar-refractivity contribution in [2.24, 2.45) is 5.92 Å². The molecule has 0 aromatic rings. The predicted octanol–water partition coefficient (Wildman–Crippen LogP) is 1.14. The van der Waals surface area contributed by atoms with Crippen LogP contribution in [-0.2, 0) is 9.53 Å². The van der Waals surface area contributed by atoms with Crippen LogP contribution in [0.4, 0.5) is 0 Å². The first-order valence-electron chi connectivity index (χ1n) is 7.29. The standard InChI is InChI=1S/C14H28N2O3/c1-4-15(6-5-14(17)18)10-13-11-16(7-8-19-13)9-12(2)3/h12-13H,4-11H2,1-3H3,(H,17,18). The molecule has 1 aliphatic heterocycles. The zero-order valence-electron chi connectivity index (χ0n) is 12.5. The second-order valence-corrected chi connectivity index (χ2v) is 5.68. The van der Waals surface area contributed by atoms with Gasteiger partial charge in [-0.15, -0.1) is 0 Å². The Kier molecular flexibility index (Phi) is 7.34. The molecule has 1 N–H and O–H groups in total. The van der Waals surface area contributed by atoms with Gasteiger partial charge in [-0.2, -0.15) is 0 Å². The highest BCUT2D eigenvalue weighted by Gasteiger charge is 2.22. The van der Waals surface area contributed by atoms with Gasteiger partial charge in [-0.25, -0.2) is 0 Å². The zero-order valence-corrected chi connectivity index (χ0v) is 12.5. The topological polar surface area (TPSA) is 53.0 Å². The van der Waals surface area contributed by atoms with Crippen molar-refractivity contribution in [2.75, 3.05) is 45.9 Å². The van der Waals surface area contributed by atoms with Crippen molar-refractivity contribution in [1.29, 1.82) is 0 Å². The summed E-state index contributed by atoms with van der Waals surface area (Å²) >= 11 is 0. The minimum Gasteiger partial charge on any atom is -0.481 e. The third kappa shape index (κ3) is 6.89. The highest BCUT2D eigenvalue weighted by atomic mass is 16.5. The average molecular weight is 272 g/mol. The predicted molar refractivity (Wildman–Crippen MR) is 75.4 cm³/mol. The van der Waals surface area contributed by atoms with Gasteiger partial charge in [-0.1, -0.05) is 20.8 Å². The number of rotatable bonds is 8. The molecule has 0 aromatic heterocycles. The average Bonchev–Trinajstić information content (AvgIpc) is 2.33. The van der Waals surface area contributed by atoms with Crippen LogP contribution >= 0.6 is 0 Å². The van der Waals surface area contributed by atoms with Gasteiger partial charge in [-0.05, 0) is 12.5 Å². The molecule has 5 nitrogen and oxygen atoms in total. The van der Waals surface area contributed by atoms with Crippen molar-refractivity contribution in [2.45, 2.75) is 33.3 Å². The number of carboxylic acid groups (broad SMARTS) is 1. The van der Waals surface area contributed by atoms with Crippen LogP contribution in [0.25, 0.3) is 0 Å². The molecule has 5 heteroatoms. The van der Waals surface area contributed by atoms with E-state index in [1.807, 2.05) is 0 Å². The molecule has 1 unspecified atom stereocenters. The molecule has 1 atom stereocenters. The van der Waals surface area contributed by atoms with E-state index in [1.165, 1.54) is 0 Å². The first-order chi connectivity index (χ1) is 9.01. The summed E-state index contributed by atoms with van der Waals surface area (Å²) in [5, 5.41) is 8.74. The van der Waals surface area contributed by atoms with E-state index >= 15 is 0 Å². The fraction of sp³-hybridized carbons (Fsp3) is 0.929. The summed E-state index contributed by atoms with van der Waals surface area (Å²) < 4.78 is 5.80. The van der Waals surface area contributed by atoms with Crippen LogP contribution in [0.2, 0.25) is 0 Å². The largest absolute Gasteiger partial charge is 0.481 e. The lowest BCUT2D eigenvalue weighted by Gasteiger charge is -2.36. The molecule has 19 heavy (non-hydrogen) atoms. The minimum atomic E-state index is -0.732. The van der Waals surface area contributed by atoms with Crippen molar-refractivity contribution in [3.63, 3.8) is 0 Å². The smallest absolute Gasteiger partial charge is 0.304 e. The normalized spacial score (nSPS) is 21.2. The van der Waals surface area contributed by atoms with E-state index in [4.69, 9.17) is 9.84 Å². The first-order valence-corrected chi connectivity index (χ1v) is 7.29. The third-order valence-corrected chi connectivity index (χ3v) is 3.40. The first kappa shape index (κ1) is 16.4. The summed E-state index contributed by atoms with van der Waals surface area (Å²) in [5.41, 5.74) is 0. The van der Waals surface area contributed by atoms with Crippen molar-refractivity contribution in [3.05, 3.63) is 0 Å². The Morgan fingerprint density at radius 3 is 2.84 bits per heavy atom. The van der Waals surface area contributed by atoms with Crippen LogP contribution in [0.5, 0.6) is 0 Å². The number of aliphatic carboxylic acids is 1. The number of hydrogen-bond acceptors (Lipinski definition) is 4. The molecule has 112 valence electrons. The number of carbonyl (C=O) groups is 1. The molecule has 1 saturated heterocycles. The maximum Gasteiger partial charge on any atom is 0.304 e. The molecule has 0 amide bonds. The number of nitrogens with zero attached hydrogens (tertiary/aromatic N) is 2. The van der Waals surface area contributed by atoms with Gasteiger partial charge < -0.3 is 14.7 Å². The van der Waals surface area contributed by atoms with E-state index in [9.17, 15) is 4.79 Å². The van der Waals surface area contributed by atoms with E-state index < -0.39 is 5.97 Å². The minimum absolute atomic E-state index is 0.205. The molecule has 0 aromatic carbocycles. The molecule has 1 heterocycles. The molecule has 0 saturated carbocycles. The summed E-state index contributed by atoms with van der Waals surface area (Å²) in [6.45, 7) is 12.7. The number of carboxylic acids is 1. The Hall–Kier alpha value is -0.650. The van der Waals surface area contributed by atoms with E-state index in [2.05, 4.69) is 30.6 Å². The summed E-state index contributed by atoms with van der Waals surface area (Å²) in [7, 11) is 0. The molecule has 1 rings (SSSR count). The molecule has 0 aliphatic carbocycles. The number of hydrogen-bond donors (Lipinski definition) is 1. The van der Waals surface area contributed by atoms with Gasteiger partial charge in [0, 0.05) is 32.7 Å². The van der Waals surface area contributed by atoms with E-state index in [1.54, 1.807) is 0 Å². The Balaban J connectivity index is 2.34. The van der Waals surface area contributed by atoms with Crippen LogP contribution in [0.15, 0.2) is 0 Å². The number of morpholine rings is 1. The molecule has 0 radical (unpaired) electrons. The van der Waals surface area contributed by atoms with Gasteiger partial charge in [0.1, 0.15) is 0 Å². The van der Waals surface area contributed by atoms with E-state index in [0.29, 0.717) is 12.5 Å². The number of likely N-dealkylation sites (N-methyl/N-ethyl adjacent to an activating group) is 1. The molecule has 1 aliphatic rings. The lowest BCUT2D eigenvalue weighted by molar-refractivity contribution is -0.137. The van der Waals surface area contributed by atoms with Gasteiger partial charge in [0.15, 0.2) is 0 Å². The molecule has 0 bridgehead atoms. The number of ether oxygens (including phenoxy) is 1. The van der Waals surface area contributed by atoms with Crippen molar-refractivity contribution in [3.8, 4) is 0 Å². The van der Waals surface area contributed by atoms with Gasteiger partial charge in [0.05, 0.1) is 19.1 Å². The van der Waals surface area contributed by atoms with Gasteiger partial charge in [0.25, 0.3) is 0 Å². The van der Waals surface area contributed by atoms with Crippen LogP contribution < -0.4 is 0 Å². The molecule has 1 fully saturated rings. The summed E-state index contributed by atoms with van der Waals surface area (Å²) in [6.07, 6.45) is 0.414. The molecular formula is C14H28N2O3. The van der Waals surface area contributed by atoms with Crippen LogP contribution in [0.3, 0.4) is 0 Å². The SMILES string of the molecule is CCN(CCC(=O)O)CC1CN(CC(C)C)CCO1. The van der Waals surface area contributed by atoms with Crippen LogP contribution in [0, 0.1) is 5.92 Å². The van der Waals surface area contributed by atoms with E-state index in [0.717, 1.165) is 39.3 Å². The summed E-state index contributed by atoms with van der Waals surface area (Å²) in [5.74, 6) is -0.0579. The second-order valence-electron chi connectivity index (χ2n) is 5.68. The summed E-state index contributed by atoms with van der Waals surface area (Å²) in [4.78, 5) is 15.2. The maximum absolute atomic E-state index is 10.6. The maximum atomic E-state index is 10.6. The summed E-state index contributed by atoms with van der Waals surface area (Å²) in [6, 6.07) is 0. The van der Waals surface area contributed by atoms with Gasteiger partial charge >= 0.3 is 5.97 Å². The Labute approximate surface area is 116 Å². The van der Waals surface area contributed by atoms with Gasteiger partial charge in [-0.3, -0.25) is 9.69 Å². The highest BCUT2D eigenvalue weighted by molar-refractivity contribution is 5.66. The fourth-order valence-corrected chi connectivity index (χ4v) is 2.49.